The van der Waals surface area contributed by atoms with Gasteiger partial charge in [-0.25, -0.2) is 10.9 Å². The van der Waals surface area contributed by atoms with Crippen LogP contribution in [0.4, 0.5) is 0 Å². The summed E-state index contributed by atoms with van der Waals surface area (Å²) in [5.74, 6) is 0.566. The molecule has 0 spiro atoms. The number of phenolic OH excluding ortho intramolecular Hbond substituents is 1. The standard InChI is InChI=1S/C10H15N3O/c1-6-9(12-13-10(6)11)7-4-2-3-5-8(7)14/h2-6,9-10,12-14H,11H2,1H3. The summed E-state index contributed by atoms with van der Waals surface area (Å²) in [6.07, 6.45) is -0.0698. The molecule has 3 unspecified atom stereocenters. The van der Waals surface area contributed by atoms with Crippen LogP contribution in [0.3, 0.4) is 0 Å². The molecule has 1 aliphatic heterocycles. The number of nitrogens with two attached hydrogens (primary N) is 1. The first kappa shape index (κ1) is 9.45. The van der Waals surface area contributed by atoms with Gasteiger partial charge in [0.05, 0.1) is 12.2 Å². The van der Waals surface area contributed by atoms with E-state index in [-0.39, 0.29) is 18.1 Å². The Morgan fingerprint density at radius 1 is 1.29 bits per heavy atom. The molecule has 4 heteroatoms. The van der Waals surface area contributed by atoms with E-state index in [1.165, 1.54) is 0 Å². The van der Waals surface area contributed by atoms with Crippen LogP contribution in [-0.2, 0) is 0 Å². The maximum absolute atomic E-state index is 9.67. The van der Waals surface area contributed by atoms with Crippen molar-refractivity contribution in [1.82, 2.24) is 10.9 Å². The lowest BCUT2D eigenvalue weighted by molar-refractivity contribution is 0.425. The molecule has 76 valence electrons. The van der Waals surface area contributed by atoms with Gasteiger partial charge in [0.1, 0.15) is 5.75 Å². The Hall–Kier alpha value is -1.10. The fourth-order valence-corrected chi connectivity index (χ4v) is 1.77. The van der Waals surface area contributed by atoms with Crippen LogP contribution in [0.15, 0.2) is 24.3 Å². The average Bonchev–Trinajstić information content (AvgIpc) is 2.49. The summed E-state index contributed by atoms with van der Waals surface area (Å²) in [5.41, 5.74) is 12.7. The Morgan fingerprint density at radius 3 is 2.57 bits per heavy atom. The highest BCUT2D eigenvalue weighted by Crippen LogP contribution is 2.31. The zero-order valence-corrected chi connectivity index (χ0v) is 8.07. The minimum atomic E-state index is -0.0698. The lowest BCUT2D eigenvalue weighted by Crippen LogP contribution is -2.38. The summed E-state index contributed by atoms with van der Waals surface area (Å²) in [4.78, 5) is 0. The number of hydrazine groups is 1. The van der Waals surface area contributed by atoms with E-state index in [1.807, 2.05) is 18.2 Å². The molecule has 1 saturated heterocycles. The predicted molar refractivity (Wildman–Crippen MR) is 54.3 cm³/mol. The highest BCUT2D eigenvalue weighted by atomic mass is 16.3. The molecule has 1 heterocycles. The third kappa shape index (κ3) is 1.48. The van der Waals surface area contributed by atoms with E-state index in [2.05, 4.69) is 17.8 Å². The van der Waals surface area contributed by atoms with Crippen molar-refractivity contribution < 1.29 is 5.11 Å². The summed E-state index contributed by atoms with van der Waals surface area (Å²) in [6.45, 7) is 2.05. The maximum Gasteiger partial charge on any atom is 0.120 e. The number of aromatic hydroxyl groups is 1. The van der Waals surface area contributed by atoms with E-state index < -0.39 is 0 Å². The van der Waals surface area contributed by atoms with Crippen molar-refractivity contribution in [1.29, 1.82) is 0 Å². The van der Waals surface area contributed by atoms with Crippen LogP contribution in [0.5, 0.6) is 5.75 Å². The zero-order chi connectivity index (χ0) is 10.1. The van der Waals surface area contributed by atoms with Crippen molar-refractivity contribution in [2.75, 3.05) is 0 Å². The largest absolute Gasteiger partial charge is 0.508 e. The summed E-state index contributed by atoms with van der Waals surface area (Å²) >= 11 is 0. The Balaban J connectivity index is 2.28. The van der Waals surface area contributed by atoms with E-state index >= 15 is 0 Å². The van der Waals surface area contributed by atoms with Gasteiger partial charge in [-0.05, 0) is 6.07 Å². The molecule has 0 bridgehead atoms. The molecule has 0 aliphatic carbocycles. The number of para-hydroxylation sites is 1. The molecule has 4 nitrogen and oxygen atoms in total. The lowest BCUT2D eigenvalue weighted by Gasteiger charge is -2.17. The van der Waals surface area contributed by atoms with Crippen molar-refractivity contribution in [3.63, 3.8) is 0 Å². The van der Waals surface area contributed by atoms with Crippen LogP contribution in [0.2, 0.25) is 0 Å². The smallest absolute Gasteiger partial charge is 0.120 e. The highest BCUT2D eigenvalue weighted by Gasteiger charge is 2.31. The molecule has 1 aromatic carbocycles. The second-order valence-electron chi connectivity index (χ2n) is 3.71. The average molecular weight is 193 g/mol. The third-order valence-electron chi connectivity index (χ3n) is 2.77. The molecule has 1 fully saturated rings. The van der Waals surface area contributed by atoms with Gasteiger partial charge in [0.25, 0.3) is 0 Å². The number of hydrogen-bond donors (Lipinski definition) is 4. The van der Waals surface area contributed by atoms with E-state index in [0.29, 0.717) is 5.75 Å². The van der Waals surface area contributed by atoms with E-state index in [0.717, 1.165) is 5.56 Å². The van der Waals surface area contributed by atoms with Crippen LogP contribution < -0.4 is 16.6 Å². The number of rotatable bonds is 1. The maximum atomic E-state index is 9.67. The number of hydrogen-bond acceptors (Lipinski definition) is 4. The first-order valence-electron chi connectivity index (χ1n) is 4.74. The molecule has 2 rings (SSSR count). The van der Waals surface area contributed by atoms with E-state index in [4.69, 9.17) is 5.73 Å². The number of benzene rings is 1. The molecule has 1 aromatic rings. The molecule has 3 atom stereocenters. The zero-order valence-electron chi connectivity index (χ0n) is 8.07. The van der Waals surface area contributed by atoms with Crippen molar-refractivity contribution in [3.8, 4) is 5.75 Å². The van der Waals surface area contributed by atoms with Gasteiger partial charge in [0.15, 0.2) is 0 Å². The van der Waals surface area contributed by atoms with Gasteiger partial charge in [-0.1, -0.05) is 25.1 Å². The van der Waals surface area contributed by atoms with Crippen LogP contribution in [0.25, 0.3) is 0 Å². The van der Waals surface area contributed by atoms with E-state index in [1.54, 1.807) is 6.07 Å². The highest BCUT2D eigenvalue weighted by molar-refractivity contribution is 5.35. The van der Waals surface area contributed by atoms with Gasteiger partial charge in [0.2, 0.25) is 0 Å². The van der Waals surface area contributed by atoms with Crippen LogP contribution in [0.1, 0.15) is 18.5 Å². The monoisotopic (exact) mass is 193 g/mol. The summed E-state index contributed by atoms with van der Waals surface area (Å²) in [6, 6.07) is 7.39. The van der Waals surface area contributed by atoms with Crippen molar-refractivity contribution in [3.05, 3.63) is 29.8 Å². The van der Waals surface area contributed by atoms with Crippen LogP contribution in [0, 0.1) is 5.92 Å². The molecule has 0 radical (unpaired) electrons. The summed E-state index contributed by atoms with van der Waals surface area (Å²) in [7, 11) is 0. The Bertz CT molecular complexity index is 329. The van der Waals surface area contributed by atoms with Gasteiger partial charge >= 0.3 is 0 Å². The number of nitrogens with one attached hydrogen (secondary N) is 2. The minimum Gasteiger partial charge on any atom is -0.508 e. The Labute approximate surface area is 83.1 Å². The molecule has 0 amide bonds. The molecule has 14 heavy (non-hydrogen) atoms. The predicted octanol–water partition coefficient (Wildman–Crippen LogP) is 0.462. The summed E-state index contributed by atoms with van der Waals surface area (Å²) in [5, 5.41) is 9.67. The molecular weight excluding hydrogens is 178 g/mol. The van der Waals surface area contributed by atoms with Crippen LogP contribution >= 0.6 is 0 Å². The number of phenols is 1. The fraction of sp³-hybridized carbons (Fsp3) is 0.400. The van der Waals surface area contributed by atoms with Crippen molar-refractivity contribution >= 4 is 0 Å². The van der Waals surface area contributed by atoms with Gasteiger partial charge in [-0.2, -0.15) is 0 Å². The SMILES string of the molecule is CC1C(N)NNC1c1ccccc1O. The first-order valence-corrected chi connectivity index (χ1v) is 4.74. The van der Waals surface area contributed by atoms with Crippen LogP contribution in [-0.4, -0.2) is 11.3 Å². The van der Waals surface area contributed by atoms with Crippen molar-refractivity contribution in [2.45, 2.75) is 19.1 Å². The minimum absolute atomic E-state index is 0.0698. The van der Waals surface area contributed by atoms with Gasteiger partial charge in [-0.15, -0.1) is 0 Å². The van der Waals surface area contributed by atoms with Gasteiger partial charge < -0.3 is 10.8 Å². The normalized spacial score (nSPS) is 32.0. The quantitative estimate of drug-likeness (QED) is 0.523. The van der Waals surface area contributed by atoms with Crippen molar-refractivity contribution in [2.24, 2.45) is 11.7 Å². The molecule has 5 N–H and O–H groups in total. The second kappa shape index (κ2) is 3.57. The van der Waals surface area contributed by atoms with Gasteiger partial charge in [-0.3, -0.25) is 0 Å². The molecule has 1 aliphatic rings. The van der Waals surface area contributed by atoms with E-state index in [9.17, 15) is 5.11 Å². The summed E-state index contributed by atoms with van der Waals surface area (Å²) < 4.78 is 0. The fourth-order valence-electron chi connectivity index (χ4n) is 1.77. The second-order valence-corrected chi connectivity index (χ2v) is 3.71. The molecular formula is C10H15N3O. The Morgan fingerprint density at radius 2 is 2.00 bits per heavy atom. The third-order valence-corrected chi connectivity index (χ3v) is 2.77. The Kier molecular flexibility index (Phi) is 2.41. The van der Waals surface area contributed by atoms with Gasteiger partial charge in [0, 0.05) is 11.5 Å². The lowest BCUT2D eigenvalue weighted by atomic mass is 9.94. The first-order chi connectivity index (χ1) is 6.70. The molecule has 0 saturated carbocycles. The molecule has 0 aromatic heterocycles. The topological polar surface area (TPSA) is 70.3 Å².